The smallest absolute Gasteiger partial charge is 0.254 e. The van der Waals surface area contributed by atoms with Crippen molar-refractivity contribution in [3.8, 4) is 5.75 Å². The highest BCUT2D eigenvalue weighted by atomic mass is 16.5. The van der Waals surface area contributed by atoms with Gasteiger partial charge in [-0.3, -0.25) is 4.79 Å². The maximum Gasteiger partial charge on any atom is 0.254 e. The van der Waals surface area contributed by atoms with Gasteiger partial charge in [-0.2, -0.15) is 0 Å². The third kappa shape index (κ3) is 3.66. The van der Waals surface area contributed by atoms with Gasteiger partial charge in [0.2, 0.25) is 0 Å². The van der Waals surface area contributed by atoms with Crippen LogP contribution in [0.2, 0.25) is 0 Å². The second-order valence-electron chi connectivity index (χ2n) is 4.05. The van der Waals surface area contributed by atoms with Gasteiger partial charge in [-0.15, -0.1) is 0 Å². The Balaban J connectivity index is 2.94. The predicted molar refractivity (Wildman–Crippen MR) is 69.2 cm³/mol. The first-order valence-electron chi connectivity index (χ1n) is 5.86. The third-order valence-electron chi connectivity index (χ3n) is 2.50. The Morgan fingerprint density at radius 2 is 2.24 bits per heavy atom. The summed E-state index contributed by atoms with van der Waals surface area (Å²) in [5.74, 6) is 0.383. The van der Waals surface area contributed by atoms with Crippen molar-refractivity contribution in [1.29, 1.82) is 0 Å². The molecule has 1 aromatic rings. The Labute approximate surface area is 102 Å². The number of hydrogen-bond acceptors (Lipinski definition) is 3. The number of carbonyl (C=O) groups is 1. The van der Waals surface area contributed by atoms with Crippen LogP contribution in [0.5, 0.6) is 5.75 Å². The number of nitrogens with one attached hydrogen (secondary N) is 1. The maximum atomic E-state index is 11.7. The lowest BCUT2D eigenvalue weighted by atomic mass is 10.1. The molecule has 0 bridgehead atoms. The zero-order valence-corrected chi connectivity index (χ0v) is 10.6. The average Bonchev–Trinajstić information content (AvgIpc) is 2.28. The normalized spacial score (nSPS) is 11.9. The quantitative estimate of drug-likeness (QED) is 0.770. The molecule has 1 unspecified atom stereocenters. The lowest BCUT2D eigenvalue weighted by molar-refractivity contribution is 0.0956. The number of benzene rings is 1. The molecule has 0 spiro atoms. The van der Waals surface area contributed by atoms with E-state index in [0.29, 0.717) is 17.0 Å². The Bertz CT molecular complexity index is 391. The molecule has 3 N–H and O–H groups in total. The van der Waals surface area contributed by atoms with E-state index in [1.165, 1.54) is 0 Å². The highest BCUT2D eigenvalue weighted by Crippen LogP contribution is 2.23. The van der Waals surface area contributed by atoms with E-state index in [1.807, 2.05) is 6.92 Å². The number of anilines is 1. The number of carbonyl (C=O) groups excluding carboxylic acids is 1. The molecule has 0 aliphatic rings. The summed E-state index contributed by atoms with van der Waals surface area (Å²) in [6.07, 6.45) is 2.06. The molecule has 0 saturated heterocycles. The van der Waals surface area contributed by atoms with Gasteiger partial charge in [0, 0.05) is 18.8 Å². The van der Waals surface area contributed by atoms with Crippen LogP contribution < -0.4 is 15.8 Å². The van der Waals surface area contributed by atoms with Crippen LogP contribution >= 0.6 is 0 Å². The van der Waals surface area contributed by atoms with Gasteiger partial charge in [0.05, 0.1) is 11.7 Å². The van der Waals surface area contributed by atoms with Crippen molar-refractivity contribution >= 4 is 11.6 Å². The summed E-state index contributed by atoms with van der Waals surface area (Å²) < 4.78 is 5.75. The van der Waals surface area contributed by atoms with Gasteiger partial charge >= 0.3 is 0 Å². The summed E-state index contributed by atoms with van der Waals surface area (Å²) in [7, 11) is 1.60. The first kappa shape index (κ1) is 13.4. The molecule has 1 atom stereocenters. The van der Waals surface area contributed by atoms with Gasteiger partial charge in [0.1, 0.15) is 5.75 Å². The summed E-state index contributed by atoms with van der Waals surface area (Å²) in [4.78, 5) is 11.7. The zero-order chi connectivity index (χ0) is 12.8. The van der Waals surface area contributed by atoms with Gasteiger partial charge in [0.25, 0.3) is 5.91 Å². The van der Waals surface area contributed by atoms with Crippen LogP contribution in [0.3, 0.4) is 0 Å². The molecule has 0 aliphatic carbocycles. The monoisotopic (exact) mass is 236 g/mol. The predicted octanol–water partition coefficient (Wildman–Crippen LogP) is 2.20. The van der Waals surface area contributed by atoms with Crippen LogP contribution in [0.25, 0.3) is 0 Å². The van der Waals surface area contributed by atoms with E-state index in [-0.39, 0.29) is 12.0 Å². The number of hydrogen-bond donors (Lipinski definition) is 2. The molecule has 4 heteroatoms. The summed E-state index contributed by atoms with van der Waals surface area (Å²) in [6, 6.07) is 5.07. The van der Waals surface area contributed by atoms with Crippen molar-refractivity contribution < 1.29 is 9.53 Å². The highest BCUT2D eigenvalue weighted by molar-refractivity contribution is 5.97. The molecule has 1 rings (SSSR count). The van der Waals surface area contributed by atoms with Gasteiger partial charge in [-0.05, 0) is 25.5 Å². The fourth-order valence-corrected chi connectivity index (χ4v) is 1.64. The molecule has 0 aromatic heterocycles. The van der Waals surface area contributed by atoms with Crippen molar-refractivity contribution in [2.45, 2.75) is 32.8 Å². The van der Waals surface area contributed by atoms with E-state index in [0.717, 1.165) is 12.8 Å². The second kappa shape index (κ2) is 6.13. The largest absolute Gasteiger partial charge is 0.490 e. The first-order chi connectivity index (χ1) is 8.08. The number of nitrogens with two attached hydrogens (primary N) is 1. The highest BCUT2D eigenvalue weighted by Gasteiger charge is 2.13. The molecule has 17 heavy (non-hydrogen) atoms. The van der Waals surface area contributed by atoms with Crippen molar-refractivity contribution in [2.75, 3.05) is 12.8 Å². The Morgan fingerprint density at radius 3 is 2.82 bits per heavy atom. The lowest BCUT2D eigenvalue weighted by Gasteiger charge is -2.16. The minimum absolute atomic E-state index is 0.0743. The van der Waals surface area contributed by atoms with Gasteiger partial charge in [-0.1, -0.05) is 13.3 Å². The molecule has 0 heterocycles. The molecule has 94 valence electrons. The lowest BCUT2D eigenvalue weighted by Crippen LogP contribution is -2.21. The van der Waals surface area contributed by atoms with Crippen LogP contribution in [0.15, 0.2) is 18.2 Å². The fourth-order valence-electron chi connectivity index (χ4n) is 1.64. The molecule has 0 fully saturated rings. The average molecular weight is 236 g/mol. The third-order valence-corrected chi connectivity index (χ3v) is 2.50. The minimum Gasteiger partial charge on any atom is -0.490 e. The molecule has 1 aromatic carbocycles. The minimum atomic E-state index is -0.163. The van der Waals surface area contributed by atoms with E-state index in [4.69, 9.17) is 10.5 Å². The van der Waals surface area contributed by atoms with Crippen LogP contribution in [0.4, 0.5) is 5.69 Å². The van der Waals surface area contributed by atoms with Crippen LogP contribution in [0.1, 0.15) is 37.0 Å². The molecule has 0 aliphatic heterocycles. The van der Waals surface area contributed by atoms with Gasteiger partial charge in [0.15, 0.2) is 0 Å². The van der Waals surface area contributed by atoms with Crippen LogP contribution in [-0.4, -0.2) is 19.1 Å². The summed E-state index contributed by atoms with van der Waals surface area (Å²) >= 11 is 0. The molecule has 4 nitrogen and oxygen atoms in total. The summed E-state index contributed by atoms with van der Waals surface area (Å²) in [6.45, 7) is 4.08. The maximum absolute atomic E-state index is 11.7. The van der Waals surface area contributed by atoms with E-state index in [9.17, 15) is 4.79 Å². The topological polar surface area (TPSA) is 64.3 Å². The summed E-state index contributed by atoms with van der Waals surface area (Å²) in [5.41, 5.74) is 6.82. The van der Waals surface area contributed by atoms with Crippen molar-refractivity contribution in [2.24, 2.45) is 0 Å². The molecular weight excluding hydrogens is 216 g/mol. The number of amides is 1. The number of rotatable bonds is 5. The second-order valence-corrected chi connectivity index (χ2v) is 4.05. The van der Waals surface area contributed by atoms with Crippen molar-refractivity contribution in [3.05, 3.63) is 23.8 Å². The number of ether oxygens (including phenoxy) is 1. The van der Waals surface area contributed by atoms with Gasteiger partial charge < -0.3 is 15.8 Å². The Hall–Kier alpha value is -1.71. The molecule has 0 radical (unpaired) electrons. The summed E-state index contributed by atoms with van der Waals surface area (Å²) in [5, 5.41) is 2.59. The van der Waals surface area contributed by atoms with Crippen LogP contribution in [0, 0.1) is 0 Å². The van der Waals surface area contributed by atoms with Crippen LogP contribution in [-0.2, 0) is 0 Å². The van der Waals surface area contributed by atoms with Crippen molar-refractivity contribution in [1.82, 2.24) is 5.32 Å². The SMILES string of the molecule is CCCC(C)Oc1cc(N)ccc1C(=O)NC. The molecular formula is C13H20N2O2. The van der Waals surface area contributed by atoms with Crippen molar-refractivity contribution in [3.63, 3.8) is 0 Å². The van der Waals surface area contributed by atoms with E-state index < -0.39 is 0 Å². The van der Waals surface area contributed by atoms with E-state index in [2.05, 4.69) is 12.2 Å². The molecule has 0 saturated carbocycles. The first-order valence-corrected chi connectivity index (χ1v) is 5.86. The van der Waals surface area contributed by atoms with E-state index in [1.54, 1.807) is 25.2 Å². The number of nitrogen functional groups attached to an aromatic ring is 1. The van der Waals surface area contributed by atoms with E-state index >= 15 is 0 Å². The standard InChI is InChI=1S/C13H20N2O2/c1-4-5-9(2)17-12-8-10(14)6-7-11(12)13(16)15-3/h6-9H,4-5,14H2,1-3H3,(H,15,16). The zero-order valence-electron chi connectivity index (χ0n) is 10.6. The Kier molecular flexibility index (Phi) is 4.82. The fraction of sp³-hybridized carbons (Fsp3) is 0.462. The molecule has 1 amide bonds. The Morgan fingerprint density at radius 1 is 1.53 bits per heavy atom. The van der Waals surface area contributed by atoms with Gasteiger partial charge in [-0.25, -0.2) is 0 Å².